The molecule has 3 aromatic rings. The number of anilines is 1. The van der Waals surface area contributed by atoms with Gasteiger partial charge in [0, 0.05) is 10.7 Å². The first kappa shape index (κ1) is 25.8. The van der Waals surface area contributed by atoms with E-state index < -0.39 is 11.9 Å². The summed E-state index contributed by atoms with van der Waals surface area (Å²) in [6.07, 6.45) is 0. The normalized spacial score (nSPS) is 11.3. The maximum atomic E-state index is 13.4. The van der Waals surface area contributed by atoms with E-state index in [2.05, 4.69) is 16.1 Å². The molecule has 0 unspecified atom stereocenters. The van der Waals surface area contributed by atoms with Crippen LogP contribution < -0.4 is 36.1 Å². The summed E-state index contributed by atoms with van der Waals surface area (Å²) in [5.41, 5.74) is 4.36. The van der Waals surface area contributed by atoms with Crippen molar-refractivity contribution < 1.29 is 23.8 Å². The molecule has 0 saturated carbocycles. The van der Waals surface area contributed by atoms with Gasteiger partial charge in [0.05, 0.1) is 39.5 Å². The number of nitrogens with two attached hydrogens (primary N) is 1. The van der Waals surface area contributed by atoms with Crippen molar-refractivity contribution in [2.24, 2.45) is 5.84 Å². The van der Waals surface area contributed by atoms with Crippen molar-refractivity contribution in [1.82, 2.24) is 10.7 Å². The molecular formula is C25H27ClN4O5. The Hall–Kier alpha value is -3.79. The minimum absolute atomic E-state index is 0.0461. The van der Waals surface area contributed by atoms with Gasteiger partial charge in [-0.1, -0.05) is 48.0 Å². The molecule has 0 aliphatic heterocycles. The summed E-state index contributed by atoms with van der Waals surface area (Å²) in [5.74, 6) is 5.36. The van der Waals surface area contributed by atoms with Crippen molar-refractivity contribution in [2.45, 2.75) is 6.04 Å². The van der Waals surface area contributed by atoms with Gasteiger partial charge in [-0.05, 0) is 35.4 Å². The number of halogens is 1. The topological polar surface area (TPSA) is 124 Å². The van der Waals surface area contributed by atoms with E-state index in [0.29, 0.717) is 27.8 Å². The summed E-state index contributed by atoms with van der Waals surface area (Å²) in [4.78, 5) is 25.2. The molecule has 0 aromatic heterocycles. The lowest BCUT2D eigenvalue weighted by Gasteiger charge is -2.23. The average molecular weight is 499 g/mol. The van der Waals surface area contributed by atoms with Gasteiger partial charge in [0.2, 0.25) is 11.7 Å². The molecule has 0 heterocycles. The molecule has 10 heteroatoms. The van der Waals surface area contributed by atoms with Crippen molar-refractivity contribution in [3.63, 3.8) is 0 Å². The third-order valence-corrected chi connectivity index (χ3v) is 5.52. The van der Waals surface area contributed by atoms with Crippen molar-refractivity contribution in [3.8, 4) is 17.2 Å². The van der Waals surface area contributed by atoms with Gasteiger partial charge in [0.25, 0.3) is 5.91 Å². The Balaban J connectivity index is 2.03. The van der Waals surface area contributed by atoms with Crippen LogP contribution in [0.25, 0.3) is 0 Å². The van der Waals surface area contributed by atoms with Crippen molar-refractivity contribution in [1.29, 1.82) is 0 Å². The lowest BCUT2D eigenvalue weighted by Crippen LogP contribution is -2.39. The van der Waals surface area contributed by atoms with Crippen LogP contribution in [-0.2, 0) is 4.79 Å². The maximum Gasteiger partial charge on any atom is 0.259 e. The van der Waals surface area contributed by atoms with Gasteiger partial charge < -0.3 is 19.5 Å². The number of hydrogen-bond acceptors (Lipinski definition) is 7. The quantitative estimate of drug-likeness (QED) is 0.192. The Morgan fingerprint density at radius 3 is 2.29 bits per heavy atom. The fourth-order valence-corrected chi connectivity index (χ4v) is 3.83. The molecule has 2 amide bonds. The Morgan fingerprint density at radius 2 is 1.66 bits per heavy atom. The summed E-state index contributed by atoms with van der Waals surface area (Å²) < 4.78 is 16.1. The van der Waals surface area contributed by atoms with Crippen LogP contribution in [0, 0.1) is 0 Å². The molecule has 3 aromatic carbocycles. The van der Waals surface area contributed by atoms with Crippen LogP contribution in [0.4, 0.5) is 5.69 Å². The molecule has 0 bridgehead atoms. The standard InChI is InChI=1S/C25H27ClN4O5/c1-33-20-12-11-18(23(34-2)24(20)35-3)25(32)29-19-13-16(26)9-10-17(19)22(28-14-21(31)30-27)15-7-5-4-6-8-15/h4-13,22,28H,14,27H2,1-3H3,(H,29,32)(H,30,31)/t22-/m1/s1. The van der Waals surface area contributed by atoms with Gasteiger partial charge in [-0.15, -0.1) is 0 Å². The van der Waals surface area contributed by atoms with Crippen LogP contribution in [-0.4, -0.2) is 39.7 Å². The number of nitrogens with one attached hydrogen (secondary N) is 3. The third-order valence-electron chi connectivity index (χ3n) is 5.28. The Morgan fingerprint density at radius 1 is 0.943 bits per heavy atom. The highest BCUT2D eigenvalue weighted by Gasteiger charge is 2.24. The van der Waals surface area contributed by atoms with Gasteiger partial charge in [0.1, 0.15) is 0 Å². The first-order valence-corrected chi connectivity index (χ1v) is 11.0. The number of ether oxygens (including phenoxy) is 3. The largest absolute Gasteiger partial charge is 0.493 e. The predicted octanol–water partition coefficient (Wildman–Crippen LogP) is 3.29. The van der Waals surface area contributed by atoms with Gasteiger partial charge in [-0.3, -0.25) is 20.3 Å². The predicted molar refractivity (Wildman–Crippen MR) is 134 cm³/mol. The zero-order valence-corrected chi connectivity index (χ0v) is 20.3. The summed E-state index contributed by atoms with van der Waals surface area (Å²) in [6.45, 7) is -0.0461. The lowest BCUT2D eigenvalue weighted by molar-refractivity contribution is -0.120. The highest BCUT2D eigenvalue weighted by Crippen LogP contribution is 2.40. The van der Waals surface area contributed by atoms with Crippen LogP contribution in [0.1, 0.15) is 27.5 Å². The minimum Gasteiger partial charge on any atom is -0.493 e. The van der Waals surface area contributed by atoms with E-state index in [1.807, 2.05) is 30.3 Å². The fourth-order valence-electron chi connectivity index (χ4n) is 3.66. The minimum atomic E-state index is -0.451. The van der Waals surface area contributed by atoms with Crippen LogP contribution in [0.5, 0.6) is 17.2 Å². The molecule has 1 atom stereocenters. The maximum absolute atomic E-state index is 13.4. The molecule has 0 radical (unpaired) electrons. The zero-order valence-electron chi connectivity index (χ0n) is 19.6. The van der Waals surface area contributed by atoms with E-state index in [4.69, 9.17) is 31.7 Å². The number of benzene rings is 3. The molecule has 184 valence electrons. The molecule has 0 aliphatic carbocycles. The summed E-state index contributed by atoms with van der Waals surface area (Å²) in [5, 5.41) is 6.53. The number of rotatable bonds is 10. The van der Waals surface area contributed by atoms with Crippen LogP contribution >= 0.6 is 11.6 Å². The van der Waals surface area contributed by atoms with Crippen molar-refractivity contribution in [3.05, 3.63) is 82.4 Å². The molecular weight excluding hydrogens is 472 g/mol. The number of carbonyl (C=O) groups excluding carboxylic acids is 2. The average Bonchev–Trinajstić information content (AvgIpc) is 2.89. The monoisotopic (exact) mass is 498 g/mol. The van der Waals surface area contributed by atoms with Gasteiger partial charge in [-0.25, -0.2) is 5.84 Å². The van der Waals surface area contributed by atoms with Crippen molar-refractivity contribution >= 4 is 29.1 Å². The molecule has 0 saturated heterocycles. The Labute approximate surface area is 208 Å². The Kier molecular flexibility index (Phi) is 8.91. The van der Waals surface area contributed by atoms with E-state index in [0.717, 1.165) is 5.56 Å². The van der Waals surface area contributed by atoms with E-state index in [9.17, 15) is 9.59 Å². The Bertz CT molecular complexity index is 1190. The second-order valence-electron chi connectivity index (χ2n) is 7.36. The second-order valence-corrected chi connectivity index (χ2v) is 7.80. The fraction of sp³-hybridized carbons (Fsp3) is 0.200. The van der Waals surface area contributed by atoms with Gasteiger partial charge in [0.15, 0.2) is 11.5 Å². The molecule has 9 nitrogen and oxygen atoms in total. The first-order chi connectivity index (χ1) is 16.9. The summed E-state index contributed by atoms with van der Waals surface area (Å²) >= 11 is 6.28. The number of amides is 2. The van der Waals surface area contributed by atoms with Gasteiger partial charge >= 0.3 is 0 Å². The van der Waals surface area contributed by atoms with E-state index >= 15 is 0 Å². The number of hydrogen-bond donors (Lipinski definition) is 4. The van der Waals surface area contributed by atoms with Crippen molar-refractivity contribution in [2.75, 3.05) is 33.2 Å². The summed E-state index contributed by atoms with van der Waals surface area (Å²) in [6, 6.07) is 17.4. The number of methoxy groups -OCH3 is 3. The smallest absolute Gasteiger partial charge is 0.259 e. The van der Waals surface area contributed by atoms with Crippen LogP contribution in [0.2, 0.25) is 5.02 Å². The molecule has 0 fully saturated rings. The van der Waals surface area contributed by atoms with E-state index in [1.54, 1.807) is 30.3 Å². The van der Waals surface area contributed by atoms with Gasteiger partial charge in [-0.2, -0.15) is 0 Å². The molecule has 5 N–H and O–H groups in total. The van der Waals surface area contributed by atoms with E-state index in [-0.39, 0.29) is 23.8 Å². The van der Waals surface area contributed by atoms with E-state index in [1.165, 1.54) is 21.3 Å². The van der Waals surface area contributed by atoms with Crippen LogP contribution in [0.3, 0.4) is 0 Å². The first-order valence-electron chi connectivity index (χ1n) is 10.6. The van der Waals surface area contributed by atoms with Crippen LogP contribution in [0.15, 0.2) is 60.7 Å². The zero-order chi connectivity index (χ0) is 25.4. The lowest BCUT2D eigenvalue weighted by atomic mass is 9.96. The second kappa shape index (κ2) is 12.1. The number of carbonyl (C=O) groups is 2. The summed E-state index contributed by atoms with van der Waals surface area (Å²) in [7, 11) is 4.40. The third kappa shape index (κ3) is 6.02. The number of hydrazine groups is 1. The highest BCUT2D eigenvalue weighted by molar-refractivity contribution is 6.31. The highest BCUT2D eigenvalue weighted by atomic mass is 35.5. The molecule has 0 spiro atoms. The molecule has 35 heavy (non-hydrogen) atoms. The molecule has 0 aliphatic rings. The molecule has 3 rings (SSSR count). The SMILES string of the molecule is COc1ccc(C(=O)Nc2cc(Cl)ccc2[C@H](NCC(=O)NN)c2ccccc2)c(OC)c1OC.